The molecule has 2 rings (SSSR count). The van der Waals surface area contributed by atoms with Gasteiger partial charge in [-0.25, -0.2) is 4.39 Å². The van der Waals surface area contributed by atoms with Crippen LogP contribution in [-0.2, 0) is 0 Å². The van der Waals surface area contributed by atoms with Crippen LogP contribution in [0, 0.1) is 11.2 Å². The van der Waals surface area contributed by atoms with Crippen molar-refractivity contribution in [3.05, 3.63) is 29.6 Å². The molecule has 18 heavy (non-hydrogen) atoms. The van der Waals surface area contributed by atoms with Gasteiger partial charge in [-0.3, -0.25) is 4.79 Å². The molecule has 98 valence electrons. The van der Waals surface area contributed by atoms with E-state index < -0.39 is 11.2 Å². The second-order valence-corrected chi connectivity index (χ2v) is 4.98. The Morgan fingerprint density at radius 2 is 2.06 bits per heavy atom. The second kappa shape index (κ2) is 5.06. The highest BCUT2D eigenvalue weighted by Crippen LogP contribution is 2.35. The van der Waals surface area contributed by atoms with Gasteiger partial charge in [0.2, 0.25) is 0 Å². The van der Waals surface area contributed by atoms with Crippen LogP contribution in [0.25, 0.3) is 0 Å². The number of hydrogen-bond donors (Lipinski definition) is 1. The summed E-state index contributed by atoms with van der Waals surface area (Å²) in [6.07, 6.45) is 1.54. The van der Waals surface area contributed by atoms with E-state index in [-0.39, 0.29) is 5.78 Å². The van der Waals surface area contributed by atoms with Gasteiger partial charge >= 0.3 is 0 Å². The number of rotatable bonds is 3. The number of ketones is 1. The van der Waals surface area contributed by atoms with E-state index in [0.29, 0.717) is 11.3 Å². The van der Waals surface area contributed by atoms with Crippen LogP contribution in [0.3, 0.4) is 0 Å². The van der Waals surface area contributed by atoms with E-state index in [4.69, 9.17) is 4.74 Å². The van der Waals surface area contributed by atoms with Gasteiger partial charge in [0, 0.05) is 5.41 Å². The van der Waals surface area contributed by atoms with Gasteiger partial charge in [0.05, 0.1) is 12.7 Å². The third-order valence-corrected chi connectivity index (χ3v) is 3.66. The molecule has 0 aromatic heterocycles. The van der Waals surface area contributed by atoms with Gasteiger partial charge in [-0.05, 0) is 44.1 Å². The summed E-state index contributed by atoms with van der Waals surface area (Å²) in [5.74, 6) is 0.0122. The van der Waals surface area contributed by atoms with Gasteiger partial charge in [0.25, 0.3) is 0 Å². The number of Topliss-reactive ketones (excluding diaryl/α,β-unsaturated/α-hetero) is 1. The number of ether oxygens (including phenoxy) is 1. The average Bonchev–Trinajstić information content (AvgIpc) is 2.38. The van der Waals surface area contributed by atoms with Crippen molar-refractivity contribution in [2.24, 2.45) is 5.41 Å². The van der Waals surface area contributed by atoms with Crippen molar-refractivity contribution in [1.82, 2.24) is 5.32 Å². The van der Waals surface area contributed by atoms with Crippen LogP contribution in [-0.4, -0.2) is 26.0 Å². The first-order valence-corrected chi connectivity index (χ1v) is 6.16. The molecule has 0 radical (unpaired) electrons. The molecule has 1 saturated heterocycles. The molecular weight excluding hydrogens is 233 g/mol. The van der Waals surface area contributed by atoms with E-state index in [9.17, 15) is 9.18 Å². The number of carbonyl (C=O) groups excluding carboxylic acids is 1. The highest BCUT2D eigenvalue weighted by molar-refractivity contribution is 6.02. The predicted octanol–water partition coefficient (Wildman–Crippen LogP) is 2.41. The first kappa shape index (κ1) is 13.0. The molecule has 1 fully saturated rings. The molecule has 0 unspecified atom stereocenters. The zero-order valence-electron chi connectivity index (χ0n) is 10.8. The van der Waals surface area contributed by atoms with E-state index in [1.807, 2.05) is 6.92 Å². The maximum atomic E-state index is 13.3. The molecule has 1 aliphatic rings. The zero-order valence-corrected chi connectivity index (χ0v) is 10.8. The van der Waals surface area contributed by atoms with E-state index in [0.717, 1.165) is 25.9 Å². The van der Waals surface area contributed by atoms with E-state index >= 15 is 0 Å². The molecule has 0 atom stereocenters. The van der Waals surface area contributed by atoms with Gasteiger partial charge in [0.1, 0.15) is 11.6 Å². The molecule has 1 aromatic carbocycles. The number of piperidine rings is 1. The Morgan fingerprint density at radius 3 is 2.67 bits per heavy atom. The quantitative estimate of drug-likeness (QED) is 0.838. The van der Waals surface area contributed by atoms with Crippen molar-refractivity contribution in [3.63, 3.8) is 0 Å². The summed E-state index contributed by atoms with van der Waals surface area (Å²) in [7, 11) is 1.49. The van der Waals surface area contributed by atoms with Crippen molar-refractivity contribution in [2.75, 3.05) is 20.2 Å². The maximum Gasteiger partial charge on any atom is 0.172 e. The van der Waals surface area contributed by atoms with Crippen molar-refractivity contribution in [3.8, 4) is 5.75 Å². The Hall–Kier alpha value is -1.42. The average molecular weight is 251 g/mol. The van der Waals surface area contributed by atoms with Crippen LogP contribution >= 0.6 is 0 Å². The first-order chi connectivity index (χ1) is 8.57. The molecule has 1 heterocycles. The smallest absolute Gasteiger partial charge is 0.172 e. The molecular formula is C14H18FNO2. The number of carbonyl (C=O) groups is 1. The lowest BCUT2D eigenvalue weighted by Crippen LogP contribution is -2.40. The molecule has 0 bridgehead atoms. The molecule has 1 aliphatic heterocycles. The Morgan fingerprint density at radius 1 is 1.39 bits per heavy atom. The van der Waals surface area contributed by atoms with Gasteiger partial charge < -0.3 is 10.1 Å². The minimum absolute atomic E-state index is 0.0275. The number of nitrogens with one attached hydrogen (secondary N) is 1. The summed E-state index contributed by atoms with van der Waals surface area (Å²) in [5.41, 5.74) is -0.0753. The minimum atomic E-state index is -0.424. The third kappa shape index (κ3) is 2.38. The lowest BCUT2D eigenvalue weighted by Gasteiger charge is -2.32. The SMILES string of the molecule is COc1ccc(F)cc1C(=O)C1(C)CCNCC1. The third-order valence-electron chi connectivity index (χ3n) is 3.66. The Labute approximate surface area is 106 Å². The molecule has 1 N–H and O–H groups in total. The molecule has 0 spiro atoms. The Balaban J connectivity index is 2.35. The largest absolute Gasteiger partial charge is 0.496 e. The zero-order chi connectivity index (χ0) is 13.2. The summed E-state index contributed by atoms with van der Waals surface area (Å²) in [5, 5.41) is 3.23. The van der Waals surface area contributed by atoms with Crippen molar-refractivity contribution < 1.29 is 13.9 Å². The van der Waals surface area contributed by atoms with Crippen LogP contribution in [0.1, 0.15) is 30.1 Å². The van der Waals surface area contributed by atoms with Crippen LogP contribution in [0.4, 0.5) is 4.39 Å². The summed E-state index contributed by atoms with van der Waals surface area (Å²) in [6, 6.07) is 4.09. The summed E-state index contributed by atoms with van der Waals surface area (Å²) >= 11 is 0. The lowest BCUT2D eigenvalue weighted by atomic mass is 9.75. The molecule has 3 nitrogen and oxygen atoms in total. The standard InChI is InChI=1S/C14H18FNO2/c1-14(5-7-16-8-6-14)13(17)11-9-10(15)3-4-12(11)18-2/h3-4,9,16H,5-8H2,1-2H3. The van der Waals surface area contributed by atoms with Gasteiger partial charge in [-0.2, -0.15) is 0 Å². The predicted molar refractivity (Wildman–Crippen MR) is 67.5 cm³/mol. The molecule has 1 aromatic rings. The fraction of sp³-hybridized carbons (Fsp3) is 0.500. The number of methoxy groups -OCH3 is 1. The van der Waals surface area contributed by atoms with Crippen LogP contribution in [0.15, 0.2) is 18.2 Å². The molecule has 0 amide bonds. The lowest BCUT2D eigenvalue weighted by molar-refractivity contribution is 0.0758. The van der Waals surface area contributed by atoms with Crippen LogP contribution < -0.4 is 10.1 Å². The second-order valence-electron chi connectivity index (χ2n) is 4.98. The minimum Gasteiger partial charge on any atom is -0.496 e. The number of hydrogen-bond acceptors (Lipinski definition) is 3. The summed E-state index contributed by atoms with van der Waals surface area (Å²) in [4.78, 5) is 12.6. The van der Waals surface area contributed by atoms with Gasteiger partial charge in [-0.15, -0.1) is 0 Å². The van der Waals surface area contributed by atoms with Crippen LogP contribution in [0.2, 0.25) is 0 Å². The number of benzene rings is 1. The first-order valence-electron chi connectivity index (χ1n) is 6.16. The Bertz CT molecular complexity index is 453. The fourth-order valence-electron chi connectivity index (χ4n) is 2.39. The van der Waals surface area contributed by atoms with Crippen molar-refractivity contribution in [2.45, 2.75) is 19.8 Å². The van der Waals surface area contributed by atoms with Crippen molar-refractivity contribution in [1.29, 1.82) is 0 Å². The Kier molecular flexibility index (Phi) is 3.66. The van der Waals surface area contributed by atoms with Crippen LogP contribution in [0.5, 0.6) is 5.75 Å². The normalized spacial score (nSPS) is 18.4. The van der Waals surface area contributed by atoms with E-state index in [1.54, 1.807) is 0 Å². The molecule has 4 heteroatoms. The maximum absolute atomic E-state index is 13.3. The van der Waals surface area contributed by atoms with E-state index in [2.05, 4.69) is 5.32 Å². The summed E-state index contributed by atoms with van der Waals surface area (Å²) < 4.78 is 18.5. The number of halogens is 1. The van der Waals surface area contributed by atoms with Gasteiger partial charge in [-0.1, -0.05) is 6.92 Å². The summed E-state index contributed by atoms with van der Waals surface area (Å²) in [6.45, 7) is 3.58. The van der Waals surface area contributed by atoms with Crippen molar-refractivity contribution >= 4 is 5.78 Å². The molecule has 0 saturated carbocycles. The highest BCUT2D eigenvalue weighted by atomic mass is 19.1. The topological polar surface area (TPSA) is 38.3 Å². The van der Waals surface area contributed by atoms with Gasteiger partial charge in [0.15, 0.2) is 5.78 Å². The highest BCUT2D eigenvalue weighted by Gasteiger charge is 2.36. The fourth-order valence-corrected chi connectivity index (χ4v) is 2.39. The monoisotopic (exact) mass is 251 g/mol. The van der Waals surface area contributed by atoms with E-state index in [1.165, 1.54) is 25.3 Å². The molecule has 0 aliphatic carbocycles.